The van der Waals surface area contributed by atoms with E-state index < -0.39 is 0 Å². The van der Waals surface area contributed by atoms with Gasteiger partial charge >= 0.3 is 0 Å². The molecule has 1 aromatic rings. The molecular weight excluding hydrogens is 208 g/mol. The summed E-state index contributed by atoms with van der Waals surface area (Å²) in [7, 11) is 2.04. The Morgan fingerprint density at radius 1 is 1.41 bits per heavy atom. The molecule has 0 fully saturated rings. The van der Waals surface area contributed by atoms with Gasteiger partial charge in [0.05, 0.1) is 0 Å². The Hall–Kier alpha value is -1.02. The molecule has 0 radical (unpaired) electrons. The standard InChI is InChI=1S/C15H24N2/c1-3-12(11-16-2)9-13-6-7-15-14(10-13)5-4-8-17-15/h6-7,10,12,16-17H,3-5,8-9,11H2,1-2H3. The van der Waals surface area contributed by atoms with E-state index in [0.29, 0.717) is 0 Å². The maximum atomic E-state index is 3.47. The highest BCUT2D eigenvalue weighted by Crippen LogP contribution is 2.24. The lowest BCUT2D eigenvalue weighted by Crippen LogP contribution is -2.20. The van der Waals surface area contributed by atoms with Crippen molar-refractivity contribution in [3.05, 3.63) is 29.3 Å². The predicted molar refractivity (Wildman–Crippen MR) is 74.7 cm³/mol. The third-order valence-corrected chi connectivity index (χ3v) is 3.70. The second-order valence-corrected chi connectivity index (χ2v) is 5.06. The van der Waals surface area contributed by atoms with Crippen molar-refractivity contribution in [2.75, 3.05) is 25.5 Å². The minimum absolute atomic E-state index is 0.759. The largest absolute Gasteiger partial charge is 0.385 e. The fourth-order valence-electron chi connectivity index (χ4n) is 2.64. The first-order valence-corrected chi connectivity index (χ1v) is 6.83. The first-order chi connectivity index (χ1) is 8.33. The van der Waals surface area contributed by atoms with Crippen LogP contribution in [0, 0.1) is 5.92 Å². The zero-order chi connectivity index (χ0) is 12.1. The van der Waals surface area contributed by atoms with Gasteiger partial charge in [0.1, 0.15) is 0 Å². The summed E-state index contributed by atoms with van der Waals surface area (Å²) in [5, 5.41) is 6.76. The van der Waals surface area contributed by atoms with Crippen LogP contribution in [0.15, 0.2) is 18.2 Å². The van der Waals surface area contributed by atoms with Crippen molar-refractivity contribution < 1.29 is 0 Å². The van der Waals surface area contributed by atoms with Gasteiger partial charge in [0.25, 0.3) is 0 Å². The van der Waals surface area contributed by atoms with Crippen molar-refractivity contribution in [1.29, 1.82) is 0 Å². The molecule has 2 N–H and O–H groups in total. The maximum Gasteiger partial charge on any atom is 0.0372 e. The molecule has 0 saturated heterocycles. The normalized spacial score (nSPS) is 16.1. The van der Waals surface area contributed by atoms with Crippen LogP contribution < -0.4 is 10.6 Å². The summed E-state index contributed by atoms with van der Waals surface area (Å²) in [5.41, 5.74) is 4.35. The molecule has 1 aliphatic heterocycles. The Kier molecular flexibility index (Phi) is 4.43. The van der Waals surface area contributed by atoms with Crippen molar-refractivity contribution in [3.63, 3.8) is 0 Å². The Balaban J connectivity index is 2.05. The van der Waals surface area contributed by atoms with Crippen LogP contribution in [0.4, 0.5) is 5.69 Å². The van der Waals surface area contributed by atoms with E-state index >= 15 is 0 Å². The number of benzene rings is 1. The molecule has 1 aromatic carbocycles. The second kappa shape index (κ2) is 6.06. The molecule has 2 nitrogen and oxygen atoms in total. The van der Waals surface area contributed by atoms with Gasteiger partial charge in [-0.15, -0.1) is 0 Å². The van der Waals surface area contributed by atoms with E-state index in [1.165, 1.54) is 42.5 Å². The van der Waals surface area contributed by atoms with Crippen molar-refractivity contribution in [3.8, 4) is 0 Å². The summed E-state index contributed by atoms with van der Waals surface area (Å²) in [6.07, 6.45) is 4.95. The molecule has 0 aliphatic carbocycles. The summed E-state index contributed by atoms with van der Waals surface area (Å²) in [5.74, 6) is 0.759. The van der Waals surface area contributed by atoms with Crippen LogP contribution in [0.5, 0.6) is 0 Å². The molecular formula is C15H24N2. The smallest absolute Gasteiger partial charge is 0.0372 e. The molecule has 0 amide bonds. The molecule has 94 valence electrons. The Bertz CT molecular complexity index is 360. The first-order valence-electron chi connectivity index (χ1n) is 6.83. The van der Waals surface area contributed by atoms with E-state index in [1.807, 2.05) is 7.05 Å². The Labute approximate surface area is 105 Å². The lowest BCUT2D eigenvalue weighted by atomic mass is 9.93. The minimum Gasteiger partial charge on any atom is -0.385 e. The average molecular weight is 232 g/mol. The summed E-state index contributed by atoms with van der Waals surface area (Å²) >= 11 is 0. The Morgan fingerprint density at radius 2 is 2.29 bits per heavy atom. The van der Waals surface area contributed by atoms with Crippen LogP contribution in [0.1, 0.15) is 30.9 Å². The lowest BCUT2D eigenvalue weighted by molar-refractivity contribution is 0.481. The van der Waals surface area contributed by atoms with Crippen LogP contribution in [0.25, 0.3) is 0 Å². The number of aryl methyl sites for hydroxylation is 1. The molecule has 0 aromatic heterocycles. The SMILES string of the molecule is CCC(CNC)Cc1ccc2c(c1)CCCN2. The summed E-state index contributed by atoms with van der Waals surface area (Å²) in [6, 6.07) is 6.95. The molecule has 0 spiro atoms. The van der Waals surface area contributed by atoms with E-state index in [4.69, 9.17) is 0 Å². The quantitative estimate of drug-likeness (QED) is 0.815. The van der Waals surface area contributed by atoms with Crippen LogP contribution in [-0.4, -0.2) is 20.1 Å². The molecule has 17 heavy (non-hydrogen) atoms. The molecule has 1 atom stereocenters. The highest BCUT2D eigenvalue weighted by Gasteiger charge is 2.11. The molecule has 2 heteroatoms. The van der Waals surface area contributed by atoms with Gasteiger partial charge in [0.2, 0.25) is 0 Å². The van der Waals surface area contributed by atoms with Gasteiger partial charge < -0.3 is 10.6 Å². The first kappa shape index (κ1) is 12.4. The van der Waals surface area contributed by atoms with Crippen LogP contribution >= 0.6 is 0 Å². The molecule has 0 bridgehead atoms. The Morgan fingerprint density at radius 3 is 3.06 bits per heavy atom. The summed E-state index contributed by atoms with van der Waals surface area (Å²) < 4.78 is 0. The lowest BCUT2D eigenvalue weighted by Gasteiger charge is -2.20. The van der Waals surface area contributed by atoms with E-state index in [2.05, 4.69) is 35.8 Å². The molecule has 1 aliphatic rings. The minimum atomic E-state index is 0.759. The van der Waals surface area contributed by atoms with Crippen LogP contribution in [0.2, 0.25) is 0 Å². The number of hydrogen-bond donors (Lipinski definition) is 2. The van der Waals surface area contributed by atoms with Crippen molar-refractivity contribution in [2.24, 2.45) is 5.92 Å². The highest BCUT2D eigenvalue weighted by atomic mass is 14.9. The number of fused-ring (bicyclic) bond motifs is 1. The molecule has 1 unspecified atom stereocenters. The van der Waals surface area contributed by atoms with Gasteiger partial charge in [0.15, 0.2) is 0 Å². The van der Waals surface area contributed by atoms with Gasteiger partial charge in [-0.3, -0.25) is 0 Å². The van der Waals surface area contributed by atoms with Crippen molar-refractivity contribution in [1.82, 2.24) is 5.32 Å². The number of anilines is 1. The van der Waals surface area contributed by atoms with Gasteiger partial charge in [-0.05, 0) is 56.0 Å². The monoisotopic (exact) mass is 232 g/mol. The number of nitrogens with one attached hydrogen (secondary N) is 2. The molecule has 1 heterocycles. The van der Waals surface area contributed by atoms with E-state index in [9.17, 15) is 0 Å². The van der Waals surface area contributed by atoms with E-state index in [-0.39, 0.29) is 0 Å². The highest BCUT2D eigenvalue weighted by molar-refractivity contribution is 5.54. The van der Waals surface area contributed by atoms with Crippen molar-refractivity contribution >= 4 is 5.69 Å². The average Bonchev–Trinajstić information content (AvgIpc) is 2.38. The van der Waals surface area contributed by atoms with Gasteiger partial charge in [-0.1, -0.05) is 25.5 Å². The van der Waals surface area contributed by atoms with Gasteiger partial charge in [0, 0.05) is 12.2 Å². The van der Waals surface area contributed by atoms with Gasteiger partial charge in [-0.25, -0.2) is 0 Å². The zero-order valence-corrected chi connectivity index (χ0v) is 11.1. The maximum absolute atomic E-state index is 3.47. The molecule has 0 saturated carbocycles. The molecule has 2 rings (SSSR count). The van der Waals surface area contributed by atoms with Crippen LogP contribution in [-0.2, 0) is 12.8 Å². The second-order valence-electron chi connectivity index (χ2n) is 5.06. The number of hydrogen-bond acceptors (Lipinski definition) is 2. The van der Waals surface area contributed by atoms with Crippen LogP contribution in [0.3, 0.4) is 0 Å². The van der Waals surface area contributed by atoms with E-state index in [0.717, 1.165) is 19.0 Å². The summed E-state index contributed by atoms with van der Waals surface area (Å²) in [6.45, 7) is 4.53. The van der Waals surface area contributed by atoms with E-state index in [1.54, 1.807) is 0 Å². The third kappa shape index (κ3) is 3.22. The fraction of sp³-hybridized carbons (Fsp3) is 0.600. The topological polar surface area (TPSA) is 24.1 Å². The van der Waals surface area contributed by atoms with Crippen molar-refractivity contribution in [2.45, 2.75) is 32.6 Å². The van der Waals surface area contributed by atoms with Gasteiger partial charge in [-0.2, -0.15) is 0 Å². The summed E-state index contributed by atoms with van der Waals surface area (Å²) in [4.78, 5) is 0. The third-order valence-electron chi connectivity index (χ3n) is 3.70. The fourth-order valence-corrected chi connectivity index (χ4v) is 2.64. The predicted octanol–water partition coefficient (Wildman–Crippen LogP) is 2.83. The zero-order valence-electron chi connectivity index (χ0n) is 11.1. The number of rotatable bonds is 5.